The van der Waals surface area contributed by atoms with Gasteiger partial charge in [-0.05, 0) is 78.4 Å². The lowest BCUT2D eigenvalue weighted by Gasteiger charge is -2.07. The lowest BCUT2D eigenvalue weighted by molar-refractivity contribution is -0.112. The number of hydrogen-bond donors (Lipinski definition) is 1. The van der Waals surface area contributed by atoms with Crippen LogP contribution in [0.15, 0.2) is 72.3 Å². The van der Waals surface area contributed by atoms with Crippen LogP contribution in [0.2, 0.25) is 0 Å². The van der Waals surface area contributed by atoms with Crippen molar-refractivity contribution in [2.24, 2.45) is 0 Å². The van der Waals surface area contributed by atoms with Gasteiger partial charge in [-0.1, -0.05) is 42.5 Å². The molecule has 0 aliphatic carbocycles. The van der Waals surface area contributed by atoms with Gasteiger partial charge in [0.1, 0.15) is 17.5 Å². The van der Waals surface area contributed by atoms with E-state index in [1.54, 1.807) is 12.1 Å². The first-order valence-corrected chi connectivity index (χ1v) is 9.28. The van der Waals surface area contributed by atoms with E-state index in [9.17, 15) is 14.4 Å². The number of benzene rings is 3. The number of carbonyl (C=O) groups excluding carboxylic acids is 1. The molecule has 0 spiro atoms. The van der Waals surface area contributed by atoms with Crippen LogP contribution in [0.3, 0.4) is 0 Å². The fourth-order valence-electron chi connectivity index (χ4n) is 2.95. The molecule has 1 N–H and O–H groups in total. The summed E-state index contributed by atoms with van der Waals surface area (Å²) in [5.41, 5.74) is 5.55. The monoisotopic (exact) mass is 384 g/mol. The number of nitriles is 1. The molecule has 0 bridgehead atoms. The highest BCUT2D eigenvalue weighted by molar-refractivity contribution is 6.09. The van der Waals surface area contributed by atoms with Gasteiger partial charge >= 0.3 is 0 Å². The summed E-state index contributed by atoms with van der Waals surface area (Å²) < 4.78 is 13.3. The predicted octanol–water partition coefficient (Wildman–Crippen LogP) is 5.58. The standard InChI is InChI=1S/C25H21FN2O/c1-17-6-11-24(12-18(17)2)28-25(29)22(16-27)14-20-9-7-19(8-10-20)13-21-4-3-5-23(26)15-21/h3-12,14-15H,13H2,1-2H3,(H,28,29)/b22-14+. The molecule has 0 heterocycles. The second kappa shape index (κ2) is 8.99. The van der Waals surface area contributed by atoms with E-state index in [0.717, 1.165) is 27.8 Å². The van der Waals surface area contributed by atoms with E-state index in [-0.39, 0.29) is 11.4 Å². The largest absolute Gasteiger partial charge is 0.321 e. The van der Waals surface area contributed by atoms with Crippen molar-refractivity contribution in [1.82, 2.24) is 0 Å². The van der Waals surface area contributed by atoms with Gasteiger partial charge < -0.3 is 5.32 Å². The Hall–Kier alpha value is -3.71. The summed E-state index contributed by atoms with van der Waals surface area (Å²) in [7, 11) is 0. The van der Waals surface area contributed by atoms with Crippen LogP contribution in [-0.2, 0) is 11.2 Å². The first-order chi connectivity index (χ1) is 13.9. The number of nitrogens with zero attached hydrogens (tertiary/aromatic N) is 1. The first kappa shape index (κ1) is 20.0. The van der Waals surface area contributed by atoms with E-state index in [0.29, 0.717) is 12.1 Å². The average Bonchev–Trinajstić information content (AvgIpc) is 2.70. The van der Waals surface area contributed by atoms with Gasteiger partial charge in [-0.2, -0.15) is 5.26 Å². The van der Waals surface area contributed by atoms with Gasteiger partial charge in [0.2, 0.25) is 0 Å². The minimum Gasteiger partial charge on any atom is -0.321 e. The summed E-state index contributed by atoms with van der Waals surface area (Å²) >= 11 is 0. The molecule has 1 amide bonds. The SMILES string of the molecule is Cc1ccc(NC(=O)/C(C#N)=C/c2ccc(Cc3cccc(F)c3)cc2)cc1C. The van der Waals surface area contributed by atoms with Crippen LogP contribution in [-0.4, -0.2) is 5.91 Å². The van der Waals surface area contributed by atoms with Gasteiger partial charge in [-0.25, -0.2) is 4.39 Å². The van der Waals surface area contributed by atoms with Crippen LogP contribution < -0.4 is 5.32 Å². The lowest BCUT2D eigenvalue weighted by atomic mass is 10.0. The van der Waals surface area contributed by atoms with Crippen molar-refractivity contribution in [3.05, 3.63) is 106 Å². The summed E-state index contributed by atoms with van der Waals surface area (Å²) in [6.45, 7) is 3.97. The Morgan fingerprint density at radius 3 is 2.41 bits per heavy atom. The molecule has 3 rings (SSSR count). The molecule has 0 aliphatic heterocycles. The van der Waals surface area contributed by atoms with Gasteiger partial charge in [0.05, 0.1) is 0 Å². The number of halogens is 1. The number of hydrogen-bond acceptors (Lipinski definition) is 2. The molecule has 0 aliphatic rings. The van der Waals surface area contributed by atoms with Crippen LogP contribution in [0.25, 0.3) is 6.08 Å². The molecule has 3 nitrogen and oxygen atoms in total. The first-order valence-electron chi connectivity index (χ1n) is 9.28. The predicted molar refractivity (Wildman–Crippen MR) is 114 cm³/mol. The Morgan fingerprint density at radius 2 is 1.76 bits per heavy atom. The Morgan fingerprint density at radius 1 is 1.00 bits per heavy atom. The molecule has 0 atom stereocenters. The minimum atomic E-state index is -0.445. The number of amides is 1. The van der Waals surface area contributed by atoms with Crippen LogP contribution in [0, 0.1) is 31.0 Å². The highest BCUT2D eigenvalue weighted by Gasteiger charge is 2.10. The molecular weight excluding hydrogens is 363 g/mol. The molecule has 4 heteroatoms. The maximum atomic E-state index is 13.3. The van der Waals surface area contributed by atoms with Crippen LogP contribution in [0.5, 0.6) is 0 Å². The fraction of sp³-hybridized carbons (Fsp3) is 0.120. The number of rotatable bonds is 5. The molecule has 0 radical (unpaired) electrons. The van der Waals surface area contributed by atoms with Crippen molar-refractivity contribution < 1.29 is 9.18 Å². The average molecular weight is 384 g/mol. The van der Waals surface area contributed by atoms with Gasteiger partial charge in [-0.3, -0.25) is 4.79 Å². The fourth-order valence-corrected chi connectivity index (χ4v) is 2.95. The van der Waals surface area contributed by atoms with Crippen molar-refractivity contribution >= 4 is 17.7 Å². The molecule has 29 heavy (non-hydrogen) atoms. The van der Waals surface area contributed by atoms with Crippen LogP contribution >= 0.6 is 0 Å². The van der Waals surface area contributed by atoms with Crippen molar-refractivity contribution in [1.29, 1.82) is 5.26 Å². The zero-order chi connectivity index (χ0) is 20.8. The Balaban J connectivity index is 1.72. The molecule has 3 aromatic carbocycles. The summed E-state index contributed by atoms with van der Waals surface area (Å²) in [6.07, 6.45) is 2.17. The normalized spacial score (nSPS) is 11.0. The van der Waals surface area contributed by atoms with Crippen molar-refractivity contribution in [3.63, 3.8) is 0 Å². The number of aryl methyl sites for hydroxylation is 2. The maximum Gasteiger partial charge on any atom is 0.266 e. The topological polar surface area (TPSA) is 52.9 Å². The van der Waals surface area contributed by atoms with E-state index in [1.807, 2.05) is 68.4 Å². The third-order valence-electron chi connectivity index (χ3n) is 4.72. The van der Waals surface area contributed by atoms with Gasteiger partial charge in [0, 0.05) is 5.69 Å². The van der Waals surface area contributed by atoms with Crippen LogP contribution in [0.1, 0.15) is 27.8 Å². The molecule has 0 aromatic heterocycles. The second-order valence-electron chi connectivity index (χ2n) is 6.97. The van der Waals surface area contributed by atoms with E-state index >= 15 is 0 Å². The van der Waals surface area contributed by atoms with E-state index in [4.69, 9.17) is 0 Å². The van der Waals surface area contributed by atoms with Crippen molar-refractivity contribution in [2.75, 3.05) is 5.32 Å². The molecule has 0 fully saturated rings. The smallest absolute Gasteiger partial charge is 0.266 e. The Labute approximate surface area is 170 Å². The van der Waals surface area contributed by atoms with Crippen molar-refractivity contribution in [2.45, 2.75) is 20.3 Å². The van der Waals surface area contributed by atoms with Gasteiger partial charge in [-0.15, -0.1) is 0 Å². The lowest BCUT2D eigenvalue weighted by Crippen LogP contribution is -2.13. The van der Waals surface area contributed by atoms with Crippen LogP contribution in [0.4, 0.5) is 10.1 Å². The molecule has 144 valence electrons. The number of anilines is 1. The third kappa shape index (κ3) is 5.40. The Kier molecular flexibility index (Phi) is 6.21. The van der Waals surface area contributed by atoms with E-state index in [2.05, 4.69) is 5.32 Å². The number of carbonyl (C=O) groups is 1. The summed E-state index contributed by atoms with van der Waals surface area (Å²) in [6, 6.07) is 21.6. The summed E-state index contributed by atoms with van der Waals surface area (Å²) in [5.74, 6) is -0.699. The highest BCUT2D eigenvalue weighted by atomic mass is 19.1. The molecule has 3 aromatic rings. The quantitative estimate of drug-likeness (QED) is 0.461. The summed E-state index contributed by atoms with van der Waals surface area (Å²) in [4.78, 5) is 12.4. The van der Waals surface area contributed by atoms with Crippen molar-refractivity contribution in [3.8, 4) is 6.07 Å². The zero-order valence-electron chi connectivity index (χ0n) is 16.4. The Bertz CT molecular complexity index is 1110. The third-order valence-corrected chi connectivity index (χ3v) is 4.72. The molecular formula is C25H21FN2O. The molecule has 0 saturated heterocycles. The molecule has 0 unspecified atom stereocenters. The summed E-state index contributed by atoms with van der Waals surface area (Å²) in [5, 5.41) is 12.2. The molecule has 0 saturated carbocycles. The maximum absolute atomic E-state index is 13.3. The zero-order valence-corrected chi connectivity index (χ0v) is 16.4. The highest BCUT2D eigenvalue weighted by Crippen LogP contribution is 2.17. The minimum absolute atomic E-state index is 0.0288. The van der Waals surface area contributed by atoms with Gasteiger partial charge in [0.25, 0.3) is 5.91 Å². The second-order valence-corrected chi connectivity index (χ2v) is 6.97. The van der Waals surface area contributed by atoms with E-state index < -0.39 is 5.91 Å². The van der Waals surface area contributed by atoms with Gasteiger partial charge in [0.15, 0.2) is 0 Å². The van der Waals surface area contributed by atoms with E-state index in [1.165, 1.54) is 12.1 Å². The number of nitrogens with one attached hydrogen (secondary N) is 1.